The van der Waals surface area contributed by atoms with Gasteiger partial charge in [-0.15, -0.1) is 0 Å². The van der Waals surface area contributed by atoms with E-state index >= 15 is 0 Å². The van der Waals surface area contributed by atoms with Crippen LogP contribution in [0.1, 0.15) is 27.2 Å². The summed E-state index contributed by atoms with van der Waals surface area (Å²) >= 11 is 0. The minimum atomic E-state index is -0.335. The molecule has 104 valence electrons. The highest BCUT2D eigenvalue weighted by atomic mass is 16.5. The number of ether oxygens (including phenoxy) is 1. The highest BCUT2D eigenvalue weighted by Crippen LogP contribution is 2.19. The predicted molar refractivity (Wildman–Crippen MR) is 78.8 cm³/mol. The molecule has 0 unspecified atom stereocenters. The van der Waals surface area contributed by atoms with E-state index in [2.05, 4.69) is 10.3 Å². The van der Waals surface area contributed by atoms with Crippen LogP contribution in [0.5, 0.6) is 0 Å². The lowest BCUT2D eigenvalue weighted by Gasteiger charge is -2.11. The van der Waals surface area contributed by atoms with Gasteiger partial charge in [0.2, 0.25) is 0 Å². The zero-order valence-corrected chi connectivity index (χ0v) is 11.9. The molecule has 1 N–H and O–H groups in total. The Morgan fingerprint density at radius 1 is 1.25 bits per heavy atom. The fourth-order valence-corrected chi connectivity index (χ4v) is 1.89. The van der Waals surface area contributed by atoms with Crippen LogP contribution < -0.4 is 5.32 Å². The molecule has 4 heteroatoms. The van der Waals surface area contributed by atoms with Crippen molar-refractivity contribution in [3.8, 4) is 0 Å². The Kier molecular flexibility index (Phi) is 4.35. The van der Waals surface area contributed by atoms with Gasteiger partial charge in [0.1, 0.15) is 0 Å². The molecule has 0 amide bonds. The number of aromatic nitrogens is 1. The number of benzene rings is 1. The summed E-state index contributed by atoms with van der Waals surface area (Å²) in [4.78, 5) is 16.0. The van der Waals surface area contributed by atoms with E-state index in [0.717, 1.165) is 22.5 Å². The molecular weight excluding hydrogens is 252 g/mol. The van der Waals surface area contributed by atoms with Gasteiger partial charge in [0.15, 0.2) is 0 Å². The number of esters is 1. The van der Waals surface area contributed by atoms with Crippen molar-refractivity contribution in [1.29, 1.82) is 0 Å². The third kappa shape index (κ3) is 3.35. The van der Waals surface area contributed by atoms with Gasteiger partial charge in [0, 0.05) is 24.1 Å². The van der Waals surface area contributed by atoms with Gasteiger partial charge in [-0.2, -0.15) is 0 Å². The summed E-state index contributed by atoms with van der Waals surface area (Å²) in [5, 5.41) is 3.25. The van der Waals surface area contributed by atoms with E-state index in [1.54, 1.807) is 0 Å². The van der Waals surface area contributed by atoms with E-state index in [1.165, 1.54) is 7.11 Å². The molecule has 0 fully saturated rings. The first-order chi connectivity index (χ1) is 9.60. The maximum Gasteiger partial charge on any atom is 0.339 e. The smallest absolute Gasteiger partial charge is 0.339 e. The maximum absolute atomic E-state index is 11.8. The second kappa shape index (κ2) is 6.19. The normalized spacial score (nSPS) is 10.2. The second-order valence-corrected chi connectivity index (χ2v) is 4.70. The van der Waals surface area contributed by atoms with E-state index in [1.807, 2.05) is 50.4 Å². The molecule has 1 aromatic heterocycles. The lowest BCUT2D eigenvalue weighted by molar-refractivity contribution is 0.0601. The number of carbonyl (C=O) groups is 1. The number of nitrogens with zero attached hydrogens (tertiary/aromatic N) is 1. The Balaban J connectivity index is 2.16. The van der Waals surface area contributed by atoms with E-state index in [9.17, 15) is 4.79 Å². The fraction of sp³-hybridized carbons (Fsp3) is 0.250. The highest BCUT2D eigenvalue weighted by molar-refractivity contribution is 5.95. The topological polar surface area (TPSA) is 51.2 Å². The van der Waals surface area contributed by atoms with Gasteiger partial charge >= 0.3 is 5.97 Å². The predicted octanol–water partition coefficient (Wildman–Crippen LogP) is 3.10. The third-order valence-corrected chi connectivity index (χ3v) is 3.04. The number of anilines is 1. The monoisotopic (exact) mass is 270 g/mol. The van der Waals surface area contributed by atoms with Crippen molar-refractivity contribution in [3.05, 3.63) is 58.9 Å². The summed E-state index contributed by atoms with van der Waals surface area (Å²) in [6.07, 6.45) is 1.83. The minimum Gasteiger partial charge on any atom is -0.465 e. The van der Waals surface area contributed by atoms with Gasteiger partial charge in [-0.25, -0.2) is 4.79 Å². The van der Waals surface area contributed by atoms with Gasteiger partial charge in [-0.3, -0.25) is 4.98 Å². The van der Waals surface area contributed by atoms with E-state index < -0.39 is 0 Å². The van der Waals surface area contributed by atoms with Crippen LogP contribution >= 0.6 is 0 Å². The Morgan fingerprint density at radius 2 is 2.05 bits per heavy atom. The van der Waals surface area contributed by atoms with Crippen LogP contribution in [0.25, 0.3) is 0 Å². The first kappa shape index (κ1) is 14.1. The maximum atomic E-state index is 11.8. The van der Waals surface area contributed by atoms with Crippen LogP contribution in [0, 0.1) is 13.8 Å². The molecule has 0 aliphatic heterocycles. The SMILES string of the molecule is COC(=O)c1cc(C)ccc1NCc1ccc(C)nc1. The second-order valence-electron chi connectivity index (χ2n) is 4.70. The number of aryl methyl sites for hydroxylation is 2. The molecule has 0 saturated heterocycles. The van der Waals surface area contributed by atoms with Crippen molar-refractivity contribution in [3.63, 3.8) is 0 Å². The molecule has 0 bridgehead atoms. The van der Waals surface area contributed by atoms with Crippen molar-refractivity contribution < 1.29 is 9.53 Å². The molecule has 2 aromatic rings. The molecule has 0 aliphatic carbocycles. The van der Waals surface area contributed by atoms with E-state index in [-0.39, 0.29) is 5.97 Å². The zero-order chi connectivity index (χ0) is 14.5. The summed E-state index contributed by atoms with van der Waals surface area (Å²) in [6, 6.07) is 9.65. The molecule has 2 rings (SSSR count). The van der Waals surface area contributed by atoms with E-state index in [4.69, 9.17) is 4.74 Å². The number of hydrogen-bond acceptors (Lipinski definition) is 4. The molecule has 20 heavy (non-hydrogen) atoms. The molecule has 0 radical (unpaired) electrons. The van der Waals surface area contributed by atoms with Crippen LogP contribution in [0.3, 0.4) is 0 Å². The molecule has 1 aromatic carbocycles. The molecule has 0 aliphatic rings. The molecule has 0 atom stereocenters. The van der Waals surface area contributed by atoms with Crippen LogP contribution in [0.15, 0.2) is 36.5 Å². The van der Waals surface area contributed by atoms with E-state index in [0.29, 0.717) is 12.1 Å². The number of hydrogen-bond donors (Lipinski definition) is 1. The van der Waals surface area contributed by atoms with Gasteiger partial charge < -0.3 is 10.1 Å². The van der Waals surface area contributed by atoms with Gasteiger partial charge in [-0.1, -0.05) is 17.7 Å². The quantitative estimate of drug-likeness (QED) is 0.867. The van der Waals surface area contributed by atoms with Crippen molar-refractivity contribution in [2.45, 2.75) is 20.4 Å². The largest absolute Gasteiger partial charge is 0.465 e. The van der Waals surface area contributed by atoms with Crippen LogP contribution in [-0.4, -0.2) is 18.1 Å². The van der Waals surface area contributed by atoms with Crippen molar-refractivity contribution in [1.82, 2.24) is 4.98 Å². The van der Waals surface area contributed by atoms with Gasteiger partial charge in [-0.05, 0) is 37.6 Å². The summed E-state index contributed by atoms with van der Waals surface area (Å²) in [7, 11) is 1.39. The Hall–Kier alpha value is -2.36. The Morgan fingerprint density at radius 3 is 2.70 bits per heavy atom. The summed E-state index contributed by atoms with van der Waals surface area (Å²) in [5.74, 6) is -0.335. The molecule has 0 saturated carbocycles. The highest BCUT2D eigenvalue weighted by Gasteiger charge is 2.11. The van der Waals surface area contributed by atoms with Crippen LogP contribution in [0.4, 0.5) is 5.69 Å². The number of pyridine rings is 1. The Bertz CT molecular complexity index is 606. The fourth-order valence-electron chi connectivity index (χ4n) is 1.89. The van der Waals surface area contributed by atoms with Crippen molar-refractivity contribution >= 4 is 11.7 Å². The zero-order valence-electron chi connectivity index (χ0n) is 11.9. The number of rotatable bonds is 4. The first-order valence-electron chi connectivity index (χ1n) is 6.44. The molecular formula is C16H18N2O2. The van der Waals surface area contributed by atoms with Crippen molar-refractivity contribution in [2.24, 2.45) is 0 Å². The van der Waals surface area contributed by atoms with Crippen molar-refractivity contribution in [2.75, 3.05) is 12.4 Å². The van der Waals surface area contributed by atoms with Crippen LogP contribution in [-0.2, 0) is 11.3 Å². The first-order valence-corrected chi connectivity index (χ1v) is 6.44. The third-order valence-electron chi connectivity index (χ3n) is 3.04. The lowest BCUT2D eigenvalue weighted by atomic mass is 10.1. The summed E-state index contributed by atoms with van der Waals surface area (Å²) < 4.78 is 4.81. The average molecular weight is 270 g/mol. The number of methoxy groups -OCH3 is 1. The molecule has 1 heterocycles. The van der Waals surface area contributed by atoms with Gasteiger partial charge in [0.05, 0.1) is 12.7 Å². The number of nitrogens with one attached hydrogen (secondary N) is 1. The van der Waals surface area contributed by atoms with Gasteiger partial charge in [0.25, 0.3) is 0 Å². The Labute approximate surface area is 118 Å². The summed E-state index contributed by atoms with van der Waals surface area (Å²) in [6.45, 7) is 4.51. The molecule has 4 nitrogen and oxygen atoms in total. The summed E-state index contributed by atoms with van der Waals surface area (Å²) in [5.41, 5.74) is 4.38. The van der Waals surface area contributed by atoms with Crippen LogP contribution in [0.2, 0.25) is 0 Å². The minimum absolute atomic E-state index is 0.335. The standard InChI is InChI=1S/C16H18N2O2/c1-11-4-7-15(14(8-11)16(19)20-3)18-10-13-6-5-12(2)17-9-13/h4-9,18H,10H2,1-3H3. The average Bonchev–Trinajstić information content (AvgIpc) is 2.46. The molecule has 0 spiro atoms. The lowest BCUT2D eigenvalue weighted by Crippen LogP contribution is -2.08. The number of carbonyl (C=O) groups excluding carboxylic acids is 1.